The average Bonchev–Trinajstić information content (AvgIpc) is 3.20. The summed E-state index contributed by atoms with van der Waals surface area (Å²) >= 11 is 0. The van der Waals surface area contributed by atoms with Crippen LogP contribution in [0.2, 0.25) is 0 Å². The summed E-state index contributed by atoms with van der Waals surface area (Å²) in [5.74, 6) is 2.11. The number of hydrogen-bond acceptors (Lipinski definition) is 6. The number of carbonyl (C=O) groups is 1. The van der Waals surface area contributed by atoms with Gasteiger partial charge in [-0.1, -0.05) is 35.5 Å². The molecule has 0 aliphatic rings. The first-order valence-electron chi connectivity index (χ1n) is 9.16. The van der Waals surface area contributed by atoms with E-state index in [0.717, 1.165) is 22.4 Å². The van der Waals surface area contributed by atoms with Gasteiger partial charge in [0.05, 0.1) is 14.2 Å². The van der Waals surface area contributed by atoms with Gasteiger partial charge in [-0.3, -0.25) is 4.79 Å². The molecule has 7 heteroatoms. The van der Waals surface area contributed by atoms with Crippen LogP contribution >= 0.6 is 0 Å². The van der Waals surface area contributed by atoms with Crippen LogP contribution < -0.4 is 19.5 Å². The highest BCUT2D eigenvalue weighted by molar-refractivity contribution is 5.92. The number of benzene rings is 2. The third kappa shape index (κ3) is 4.68. The van der Waals surface area contributed by atoms with Gasteiger partial charge in [0.1, 0.15) is 12.4 Å². The maximum absolute atomic E-state index is 12.4. The van der Waals surface area contributed by atoms with E-state index in [2.05, 4.69) is 10.5 Å². The summed E-state index contributed by atoms with van der Waals surface area (Å²) in [6.45, 7) is 4.42. The zero-order valence-corrected chi connectivity index (χ0v) is 16.9. The first-order chi connectivity index (χ1) is 14.0. The first-order valence-corrected chi connectivity index (χ1v) is 9.16. The van der Waals surface area contributed by atoms with Crippen molar-refractivity contribution in [3.05, 3.63) is 70.6 Å². The molecule has 1 aromatic heterocycles. The maximum atomic E-state index is 12.4. The van der Waals surface area contributed by atoms with Crippen LogP contribution in [0.1, 0.15) is 32.9 Å². The second kappa shape index (κ2) is 9.14. The van der Waals surface area contributed by atoms with Crippen LogP contribution in [0.5, 0.6) is 17.2 Å². The number of aryl methyl sites for hydroxylation is 2. The lowest BCUT2D eigenvalue weighted by molar-refractivity contribution is 0.0941. The highest BCUT2D eigenvalue weighted by Gasteiger charge is 2.15. The van der Waals surface area contributed by atoms with E-state index in [9.17, 15) is 4.79 Å². The molecule has 7 nitrogen and oxygen atoms in total. The standard InChI is InChI=1S/C22H24N2O5/c1-14-7-5-8-15(2)20(14)28-13-17-11-18(24-29-17)22(25)23-12-16-9-6-10-19(26-3)21(16)27-4/h5-11H,12-13H2,1-4H3,(H,23,25). The molecule has 29 heavy (non-hydrogen) atoms. The highest BCUT2D eigenvalue weighted by atomic mass is 16.5. The van der Waals surface area contributed by atoms with Crippen LogP contribution in [-0.4, -0.2) is 25.3 Å². The average molecular weight is 396 g/mol. The van der Waals surface area contributed by atoms with Crippen molar-refractivity contribution in [2.45, 2.75) is 27.0 Å². The summed E-state index contributed by atoms with van der Waals surface area (Å²) in [7, 11) is 3.13. The molecule has 3 aromatic rings. The fourth-order valence-corrected chi connectivity index (χ4v) is 3.02. The molecule has 1 N–H and O–H groups in total. The number of aromatic nitrogens is 1. The Morgan fingerprint density at radius 2 is 1.76 bits per heavy atom. The fraction of sp³-hybridized carbons (Fsp3) is 0.273. The summed E-state index contributed by atoms with van der Waals surface area (Å²) in [6.07, 6.45) is 0. The molecule has 0 saturated heterocycles. The second-order valence-electron chi connectivity index (χ2n) is 6.52. The monoisotopic (exact) mass is 396 g/mol. The van der Waals surface area contributed by atoms with Crippen molar-refractivity contribution in [2.24, 2.45) is 0 Å². The summed E-state index contributed by atoms with van der Waals surface area (Å²) in [6, 6.07) is 13.0. The predicted octanol–water partition coefficient (Wildman–Crippen LogP) is 3.82. The van der Waals surface area contributed by atoms with E-state index < -0.39 is 0 Å². The van der Waals surface area contributed by atoms with Gasteiger partial charge in [0.2, 0.25) is 0 Å². The highest BCUT2D eigenvalue weighted by Crippen LogP contribution is 2.30. The molecule has 0 bridgehead atoms. The van der Waals surface area contributed by atoms with Gasteiger partial charge in [-0.05, 0) is 31.0 Å². The molecule has 1 heterocycles. The smallest absolute Gasteiger partial charge is 0.273 e. The predicted molar refractivity (Wildman–Crippen MR) is 107 cm³/mol. The topological polar surface area (TPSA) is 82.8 Å². The third-order valence-electron chi connectivity index (χ3n) is 4.48. The molecule has 1 amide bonds. The molecule has 2 aromatic carbocycles. The summed E-state index contributed by atoms with van der Waals surface area (Å²) in [5.41, 5.74) is 3.05. The van der Waals surface area contributed by atoms with Crippen LogP contribution in [0.3, 0.4) is 0 Å². The minimum absolute atomic E-state index is 0.187. The number of hydrogen-bond donors (Lipinski definition) is 1. The Balaban J connectivity index is 1.61. The van der Waals surface area contributed by atoms with E-state index >= 15 is 0 Å². The number of para-hydroxylation sites is 2. The molecular formula is C22H24N2O5. The Morgan fingerprint density at radius 1 is 1.03 bits per heavy atom. The molecule has 152 valence electrons. The fourth-order valence-electron chi connectivity index (χ4n) is 3.02. The van der Waals surface area contributed by atoms with Crippen LogP contribution in [0, 0.1) is 13.8 Å². The molecule has 0 fully saturated rings. The van der Waals surface area contributed by atoms with Crippen molar-refractivity contribution in [2.75, 3.05) is 14.2 Å². The number of nitrogens with one attached hydrogen (secondary N) is 1. The van der Waals surface area contributed by atoms with Crippen molar-refractivity contribution >= 4 is 5.91 Å². The number of rotatable bonds is 8. The van der Waals surface area contributed by atoms with E-state index in [0.29, 0.717) is 17.3 Å². The number of amides is 1. The Bertz CT molecular complexity index is 976. The van der Waals surface area contributed by atoms with Crippen molar-refractivity contribution in [3.63, 3.8) is 0 Å². The van der Waals surface area contributed by atoms with Crippen molar-refractivity contribution in [3.8, 4) is 17.2 Å². The lowest BCUT2D eigenvalue weighted by atomic mass is 10.1. The van der Waals surface area contributed by atoms with E-state index in [1.165, 1.54) is 0 Å². The van der Waals surface area contributed by atoms with Gasteiger partial charge in [-0.15, -0.1) is 0 Å². The van der Waals surface area contributed by atoms with Crippen molar-refractivity contribution in [1.82, 2.24) is 10.5 Å². The van der Waals surface area contributed by atoms with E-state index in [4.69, 9.17) is 18.7 Å². The van der Waals surface area contributed by atoms with Crippen LogP contribution in [0.15, 0.2) is 47.0 Å². The Hall–Kier alpha value is -3.48. The molecule has 0 spiro atoms. The normalized spacial score (nSPS) is 10.5. The third-order valence-corrected chi connectivity index (χ3v) is 4.48. The number of nitrogens with zero attached hydrogens (tertiary/aromatic N) is 1. The van der Waals surface area contributed by atoms with Crippen LogP contribution in [0.4, 0.5) is 0 Å². The molecule has 0 aliphatic carbocycles. The largest absolute Gasteiger partial charge is 0.493 e. The summed E-state index contributed by atoms with van der Waals surface area (Å²) in [4.78, 5) is 12.4. The van der Waals surface area contributed by atoms with Gasteiger partial charge in [0.25, 0.3) is 5.91 Å². The molecule has 0 radical (unpaired) electrons. The molecule has 0 aliphatic heterocycles. The molecule has 3 rings (SSSR count). The van der Waals surface area contributed by atoms with Crippen molar-refractivity contribution in [1.29, 1.82) is 0 Å². The van der Waals surface area contributed by atoms with E-state index in [1.54, 1.807) is 26.4 Å². The molecule has 0 unspecified atom stereocenters. The van der Waals surface area contributed by atoms with E-state index in [1.807, 2.05) is 44.2 Å². The van der Waals surface area contributed by atoms with Gasteiger partial charge < -0.3 is 24.1 Å². The number of ether oxygens (including phenoxy) is 3. The Kier molecular flexibility index (Phi) is 6.39. The second-order valence-corrected chi connectivity index (χ2v) is 6.52. The van der Waals surface area contributed by atoms with Gasteiger partial charge in [0.15, 0.2) is 23.0 Å². The summed E-state index contributed by atoms with van der Waals surface area (Å²) in [5, 5.41) is 6.65. The SMILES string of the molecule is COc1cccc(CNC(=O)c2cc(COc3c(C)cccc3C)on2)c1OC. The van der Waals surface area contributed by atoms with Crippen LogP contribution in [-0.2, 0) is 13.2 Å². The van der Waals surface area contributed by atoms with Gasteiger partial charge in [-0.2, -0.15) is 0 Å². The lowest BCUT2D eigenvalue weighted by Crippen LogP contribution is -2.23. The number of carbonyl (C=O) groups excluding carboxylic acids is 1. The quantitative estimate of drug-likeness (QED) is 0.623. The van der Waals surface area contributed by atoms with Crippen LogP contribution in [0.25, 0.3) is 0 Å². The molecule has 0 saturated carbocycles. The maximum Gasteiger partial charge on any atom is 0.273 e. The van der Waals surface area contributed by atoms with Gasteiger partial charge >= 0.3 is 0 Å². The van der Waals surface area contributed by atoms with Crippen molar-refractivity contribution < 1.29 is 23.5 Å². The van der Waals surface area contributed by atoms with E-state index in [-0.39, 0.29) is 24.8 Å². The van der Waals surface area contributed by atoms with Gasteiger partial charge in [-0.25, -0.2) is 0 Å². The number of methoxy groups -OCH3 is 2. The Labute approximate surface area is 169 Å². The molecule has 0 atom stereocenters. The lowest BCUT2D eigenvalue weighted by Gasteiger charge is -2.12. The zero-order valence-electron chi connectivity index (χ0n) is 16.9. The zero-order chi connectivity index (χ0) is 20.8. The van der Waals surface area contributed by atoms with Gasteiger partial charge in [0, 0.05) is 18.2 Å². The molecular weight excluding hydrogens is 372 g/mol. The first kappa shape index (κ1) is 20.3. The minimum Gasteiger partial charge on any atom is -0.493 e. The Morgan fingerprint density at radius 3 is 2.45 bits per heavy atom. The minimum atomic E-state index is -0.350. The summed E-state index contributed by atoms with van der Waals surface area (Å²) < 4.78 is 21.7.